The van der Waals surface area contributed by atoms with Gasteiger partial charge >= 0.3 is 0 Å². The molecule has 0 saturated carbocycles. The zero-order valence-corrected chi connectivity index (χ0v) is 14.5. The van der Waals surface area contributed by atoms with Crippen LogP contribution in [0, 0.1) is 6.92 Å². The third-order valence-electron chi connectivity index (χ3n) is 3.43. The third-order valence-corrected chi connectivity index (χ3v) is 4.80. The van der Waals surface area contributed by atoms with Crippen molar-refractivity contribution >= 4 is 29.3 Å². The lowest BCUT2D eigenvalue weighted by Gasteiger charge is -2.18. The molecular formula is C18H20ClNOS. The fraction of sp³-hybridized carbons (Fsp3) is 0.278. The number of nitrogens with one attached hydrogen (secondary N) is 1. The largest absolute Gasteiger partial charge is 0.349 e. The first kappa shape index (κ1) is 16.9. The molecule has 2 unspecified atom stereocenters. The van der Waals surface area contributed by atoms with Crippen LogP contribution in [0.4, 0.5) is 0 Å². The molecule has 0 fully saturated rings. The van der Waals surface area contributed by atoms with Crippen molar-refractivity contribution < 1.29 is 4.79 Å². The summed E-state index contributed by atoms with van der Waals surface area (Å²) < 4.78 is 0. The monoisotopic (exact) mass is 333 g/mol. The van der Waals surface area contributed by atoms with E-state index < -0.39 is 0 Å². The average molecular weight is 334 g/mol. The van der Waals surface area contributed by atoms with Crippen LogP contribution in [0.5, 0.6) is 0 Å². The number of benzene rings is 2. The van der Waals surface area contributed by atoms with E-state index in [-0.39, 0.29) is 17.2 Å². The normalized spacial score (nSPS) is 13.5. The van der Waals surface area contributed by atoms with Gasteiger partial charge in [-0.1, -0.05) is 41.4 Å². The van der Waals surface area contributed by atoms with Crippen LogP contribution in [0.25, 0.3) is 0 Å². The molecule has 0 heterocycles. The summed E-state index contributed by atoms with van der Waals surface area (Å²) in [4.78, 5) is 13.3. The molecule has 2 nitrogen and oxygen atoms in total. The van der Waals surface area contributed by atoms with Crippen molar-refractivity contribution in [1.82, 2.24) is 5.32 Å². The van der Waals surface area contributed by atoms with Crippen LogP contribution in [0.2, 0.25) is 5.02 Å². The molecule has 22 heavy (non-hydrogen) atoms. The second kappa shape index (κ2) is 7.70. The molecule has 0 saturated heterocycles. The van der Waals surface area contributed by atoms with Gasteiger partial charge in [0, 0.05) is 9.92 Å². The number of aryl methyl sites for hydroxylation is 1. The van der Waals surface area contributed by atoms with Crippen LogP contribution in [-0.2, 0) is 4.79 Å². The smallest absolute Gasteiger partial charge is 0.233 e. The SMILES string of the molecule is Cc1ccc(C(C)NC(=O)C(C)Sc2ccc(Cl)cc2)cc1. The van der Waals surface area contributed by atoms with E-state index in [9.17, 15) is 4.79 Å². The van der Waals surface area contributed by atoms with Gasteiger partial charge in [-0.2, -0.15) is 0 Å². The number of amides is 1. The van der Waals surface area contributed by atoms with E-state index in [4.69, 9.17) is 11.6 Å². The number of rotatable bonds is 5. The summed E-state index contributed by atoms with van der Waals surface area (Å²) in [7, 11) is 0. The predicted molar refractivity (Wildman–Crippen MR) is 94.5 cm³/mol. The van der Waals surface area contributed by atoms with Gasteiger partial charge in [0.05, 0.1) is 11.3 Å². The zero-order valence-electron chi connectivity index (χ0n) is 13.0. The summed E-state index contributed by atoms with van der Waals surface area (Å²) in [6, 6.07) is 15.8. The Morgan fingerprint density at radius 2 is 1.64 bits per heavy atom. The number of thioether (sulfide) groups is 1. The molecule has 0 aliphatic rings. The van der Waals surface area contributed by atoms with Crippen molar-refractivity contribution in [3.63, 3.8) is 0 Å². The highest BCUT2D eigenvalue weighted by molar-refractivity contribution is 8.00. The highest BCUT2D eigenvalue weighted by Crippen LogP contribution is 2.25. The van der Waals surface area contributed by atoms with Crippen molar-refractivity contribution in [2.24, 2.45) is 0 Å². The molecular weight excluding hydrogens is 314 g/mol. The number of hydrogen-bond donors (Lipinski definition) is 1. The molecule has 1 amide bonds. The Bertz CT molecular complexity index is 625. The van der Waals surface area contributed by atoms with E-state index in [2.05, 4.69) is 36.5 Å². The number of carbonyl (C=O) groups is 1. The van der Waals surface area contributed by atoms with Gasteiger partial charge in [-0.3, -0.25) is 4.79 Å². The molecule has 2 rings (SSSR count). The predicted octanol–water partition coefficient (Wildman–Crippen LogP) is 5.01. The topological polar surface area (TPSA) is 29.1 Å². The highest BCUT2D eigenvalue weighted by Gasteiger charge is 2.17. The van der Waals surface area contributed by atoms with Crippen LogP contribution in [0.3, 0.4) is 0 Å². The van der Waals surface area contributed by atoms with Gasteiger partial charge in [-0.15, -0.1) is 11.8 Å². The second-order valence-corrected chi connectivity index (χ2v) is 7.21. The van der Waals surface area contributed by atoms with Crippen molar-refractivity contribution in [3.05, 3.63) is 64.7 Å². The maximum atomic E-state index is 12.3. The molecule has 0 spiro atoms. The maximum absolute atomic E-state index is 12.3. The Morgan fingerprint density at radius 3 is 2.23 bits per heavy atom. The minimum Gasteiger partial charge on any atom is -0.349 e. The molecule has 0 radical (unpaired) electrons. The van der Waals surface area contributed by atoms with Gasteiger partial charge in [-0.05, 0) is 50.6 Å². The van der Waals surface area contributed by atoms with Crippen LogP contribution < -0.4 is 5.32 Å². The maximum Gasteiger partial charge on any atom is 0.233 e. The Balaban J connectivity index is 1.93. The lowest BCUT2D eigenvalue weighted by molar-refractivity contribution is -0.120. The van der Waals surface area contributed by atoms with Gasteiger partial charge in [0.2, 0.25) is 5.91 Å². The minimum absolute atomic E-state index is 0.00127. The summed E-state index contributed by atoms with van der Waals surface area (Å²) in [6.07, 6.45) is 0. The molecule has 0 bridgehead atoms. The molecule has 4 heteroatoms. The lowest BCUT2D eigenvalue weighted by atomic mass is 10.1. The van der Waals surface area contributed by atoms with Gasteiger partial charge in [0.25, 0.3) is 0 Å². The molecule has 0 aromatic heterocycles. The molecule has 2 aromatic rings. The molecule has 1 N–H and O–H groups in total. The first-order chi connectivity index (χ1) is 10.5. The fourth-order valence-corrected chi connectivity index (χ4v) is 3.04. The molecule has 2 atom stereocenters. The number of halogens is 1. The van der Waals surface area contributed by atoms with E-state index in [0.29, 0.717) is 5.02 Å². The van der Waals surface area contributed by atoms with E-state index in [1.54, 1.807) is 0 Å². The Kier molecular flexibility index (Phi) is 5.92. The fourth-order valence-electron chi connectivity index (χ4n) is 2.04. The van der Waals surface area contributed by atoms with Crippen LogP contribution in [-0.4, -0.2) is 11.2 Å². The van der Waals surface area contributed by atoms with E-state index in [1.165, 1.54) is 17.3 Å². The van der Waals surface area contributed by atoms with E-state index >= 15 is 0 Å². The molecule has 116 valence electrons. The average Bonchev–Trinajstić information content (AvgIpc) is 2.50. The summed E-state index contributed by atoms with van der Waals surface area (Å²) >= 11 is 7.40. The Labute approximate surface area is 141 Å². The first-order valence-corrected chi connectivity index (χ1v) is 8.50. The van der Waals surface area contributed by atoms with Crippen molar-refractivity contribution in [1.29, 1.82) is 0 Å². The van der Waals surface area contributed by atoms with Crippen LogP contribution in [0.1, 0.15) is 31.0 Å². The Hall–Kier alpha value is -1.45. The first-order valence-electron chi connectivity index (χ1n) is 7.25. The molecule has 0 aliphatic heterocycles. The summed E-state index contributed by atoms with van der Waals surface area (Å²) in [6.45, 7) is 5.97. The van der Waals surface area contributed by atoms with E-state index in [1.807, 2.05) is 38.1 Å². The van der Waals surface area contributed by atoms with E-state index in [0.717, 1.165) is 10.5 Å². The quantitative estimate of drug-likeness (QED) is 0.779. The summed E-state index contributed by atoms with van der Waals surface area (Å²) in [5.74, 6) is 0.0352. The van der Waals surface area contributed by atoms with Crippen LogP contribution >= 0.6 is 23.4 Å². The van der Waals surface area contributed by atoms with Gasteiger partial charge in [-0.25, -0.2) is 0 Å². The van der Waals surface area contributed by atoms with Crippen molar-refractivity contribution in [3.8, 4) is 0 Å². The number of hydrogen-bond acceptors (Lipinski definition) is 2. The van der Waals surface area contributed by atoms with Gasteiger partial charge in [0.15, 0.2) is 0 Å². The summed E-state index contributed by atoms with van der Waals surface area (Å²) in [5.41, 5.74) is 2.33. The standard InChI is InChI=1S/C18H20ClNOS/c1-12-4-6-15(7-5-12)13(2)20-18(21)14(3)22-17-10-8-16(19)9-11-17/h4-11,13-14H,1-3H3,(H,20,21). The summed E-state index contributed by atoms with van der Waals surface area (Å²) in [5, 5.41) is 3.61. The van der Waals surface area contributed by atoms with Gasteiger partial charge < -0.3 is 5.32 Å². The van der Waals surface area contributed by atoms with Crippen molar-refractivity contribution in [2.75, 3.05) is 0 Å². The molecule has 0 aliphatic carbocycles. The second-order valence-electron chi connectivity index (χ2n) is 5.35. The van der Waals surface area contributed by atoms with Gasteiger partial charge in [0.1, 0.15) is 0 Å². The van der Waals surface area contributed by atoms with Crippen LogP contribution in [0.15, 0.2) is 53.4 Å². The Morgan fingerprint density at radius 1 is 1.05 bits per heavy atom. The number of carbonyl (C=O) groups excluding carboxylic acids is 1. The zero-order chi connectivity index (χ0) is 16.1. The van der Waals surface area contributed by atoms with Crippen molar-refractivity contribution in [2.45, 2.75) is 37.0 Å². The lowest BCUT2D eigenvalue weighted by Crippen LogP contribution is -2.33. The third kappa shape index (κ3) is 4.79. The highest BCUT2D eigenvalue weighted by atomic mass is 35.5. The minimum atomic E-state index is -0.158. The molecule has 2 aromatic carbocycles.